The van der Waals surface area contributed by atoms with Crippen molar-refractivity contribution >= 4 is 23.5 Å². The number of nitrogens with one attached hydrogen (secondary N) is 2. The van der Waals surface area contributed by atoms with Gasteiger partial charge in [0.05, 0.1) is 12.2 Å². The highest BCUT2D eigenvalue weighted by atomic mass is 19.1. The maximum atomic E-state index is 12.9. The number of anilines is 1. The molecule has 148 valence electrons. The Morgan fingerprint density at radius 3 is 2.43 bits per heavy atom. The fourth-order valence-electron chi connectivity index (χ4n) is 2.25. The second-order valence-electron chi connectivity index (χ2n) is 5.74. The molecule has 2 aromatic carbocycles. The Bertz CT molecular complexity index is 839. The molecule has 7 nitrogen and oxygen atoms in total. The molecule has 0 unspecified atom stereocenters. The number of esters is 1. The quantitative estimate of drug-likeness (QED) is 0.678. The van der Waals surface area contributed by atoms with Gasteiger partial charge in [0, 0.05) is 5.69 Å². The Balaban J connectivity index is 1.83. The summed E-state index contributed by atoms with van der Waals surface area (Å²) in [5.74, 6) is -1.87. The third-order valence-corrected chi connectivity index (χ3v) is 3.61. The molecule has 0 aliphatic rings. The fraction of sp³-hybridized carbons (Fsp3) is 0.250. The van der Waals surface area contributed by atoms with E-state index in [2.05, 4.69) is 10.6 Å². The number of amides is 2. The van der Waals surface area contributed by atoms with Gasteiger partial charge in [-0.3, -0.25) is 14.4 Å². The highest BCUT2D eigenvalue weighted by Gasteiger charge is 2.19. The first-order chi connectivity index (χ1) is 13.4. The molecule has 0 fully saturated rings. The summed E-state index contributed by atoms with van der Waals surface area (Å²) in [6.45, 7) is 3.17. The molecule has 0 aliphatic carbocycles. The summed E-state index contributed by atoms with van der Waals surface area (Å²) >= 11 is 0. The van der Waals surface area contributed by atoms with Gasteiger partial charge in [-0.25, -0.2) is 4.39 Å². The zero-order valence-corrected chi connectivity index (χ0v) is 15.5. The Labute approximate surface area is 161 Å². The first-order valence-corrected chi connectivity index (χ1v) is 8.66. The van der Waals surface area contributed by atoms with Crippen LogP contribution in [-0.4, -0.2) is 37.0 Å². The van der Waals surface area contributed by atoms with Gasteiger partial charge in [-0.15, -0.1) is 0 Å². The van der Waals surface area contributed by atoms with Crippen LogP contribution in [0.3, 0.4) is 0 Å². The molecule has 0 radical (unpaired) electrons. The van der Waals surface area contributed by atoms with Crippen molar-refractivity contribution in [2.24, 2.45) is 0 Å². The summed E-state index contributed by atoms with van der Waals surface area (Å²) in [5, 5.41) is 4.93. The lowest BCUT2D eigenvalue weighted by Crippen LogP contribution is -2.36. The first kappa shape index (κ1) is 20.9. The van der Waals surface area contributed by atoms with E-state index in [0.717, 1.165) is 0 Å². The monoisotopic (exact) mass is 388 g/mol. The second kappa shape index (κ2) is 10.1. The number of rotatable bonds is 8. The Morgan fingerprint density at radius 1 is 1.07 bits per heavy atom. The Kier molecular flexibility index (Phi) is 7.50. The lowest BCUT2D eigenvalue weighted by atomic mass is 10.2. The zero-order valence-electron chi connectivity index (χ0n) is 15.5. The fourth-order valence-corrected chi connectivity index (χ4v) is 2.25. The van der Waals surface area contributed by atoms with Gasteiger partial charge in [-0.1, -0.05) is 12.1 Å². The van der Waals surface area contributed by atoms with Gasteiger partial charge in [0.25, 0.3) is 11.8 Å². The third-order valence-electron chi connectivity index (χ3n) is 3.61. The lowest BCUT2D eigenvalue weighted by Gasteiger charge is -2.14. The van der Waals surface area contributed by atoms with Crippen LogP contribution in [0.4, 0.5) is 10.1 Å². The number of hydrogen-bond acceptors (Lipinski definition) is 5. The van der Waals surface area contributed by atoms with Crippen LogP contribution in [-0.2, 0) is 14.3 Å². The summed E-state index contributed by atoms with van der Waals surface area (Å²) in [6, 6.07) is 11.8. The highest BCUT2D eigenvalue weighted by Crippen LogP contribution is 2.17. The van der Waals surface area contributed by atoms with Gasteiger partial charge in [-0.05, 0) is 50.2 Å². The van der Waals surface area contributed by atoms with Crippen molar-refractivity contribution in [2.75, 3.05) is 18.5 Å². The number of para-hydroxylation sites is 1. The lowest BCUT2D eigenvalue weighted by molar-refractivity contribution is -0.152. The van der Waals surface area contributed by atoms with Gasteiger partial charge >= 0.3 is 5.97 Å². The number of carbonyl (C=O) groups excluding carboxylic acids is 3. The first-order valence-electron chi connectivity index (χ1n) is 8.66. The second-order valence-corrected chi connectivity index (χ2v) is 5.74. The third kappa shape index (κ3) is 6.08. The molecule has 2 N–H and O–H groups in total. The number of ether oxygens (including phenoxy) is 2. The van der Waals surface area contributed by atoms with Gasteiger partial charge in [0.2, 0.25) is 0 Å². The molecular weight excluding hydrogens is 367 g/mol. The molecular formula is C20H21FN2O5. The molecule has 2 rings (SSSR count). The van der Waals surface area contributed by atoms with E-state index in [1.807, 2.05) is 0 Å². The number of hydrogen-bond donors (Lipinski definition) is 2. The minimum Gasteiger partial charge on any atom is -0.493 e. The van der Waals surface area contributed by atoms with Crippen LogP contribution in [0.5, 0.6) is 5.75 Å². The van der Waals surface area contributed by atoms with Crippen molar-refractivity contribution in [1.29, 1.82) is 0 Å². The van der Waals surface area contributed by atoms with Gasteiger partial charge in [0.15, 0.2) is 6.10 Å². The van der Waals surface area contributed by atoms with Crippen molar-refractivity contribution in [1.82, 2.24) is 5.32 Å². The number of carbonyl (C=O) groups is 3. The molecule has 8 heteroatoms. The molecule has 0 saturated heterocycles. The van der Waals surface area contributed by atoms with E-state index in [4.69, 9.17) is 9.47 Å². The molecule has 0 bridgehead atoms. The van der Waals surface area contributed by atoms with Gasteiger partial charge < -0.3 is 20.1 Å². The van der Waals surface area contributed by atoms with E-state index >= 15 is 0 Å². The van der Waals surface area contributed by atoms with Crippen LogP contribution in [0.15, 0.2) is 48.5 Å². The minimum atomic E-state index is -1.09. The molecule has 0 heterocycles. The molecule has 1 atom stereocenters. The Morgan fingerprint density at radius 2 is 1.75 bits per heavy atom. The normalized spacial score (nSPS) is 11.2. The minimum absolute atomic E-state index is 0.291. The van der Waals surface area contributed by atoms with Gasteiger partial charge in [0.1, 0.15) is 18.1 Å². The smallest absolute Gasteiger partial charge is 0.326 e. The van der Waals surface area contributed by atoms with E-state index in [-0.39, 0.29) is 0 Å². The van der Waals surface area contributed by atoms with Crippen molar-refractivity contribution in [2.45, 2.75) is 20.0 Å². The number of benzene rings is 2. The molecule has 0 aromatic heterocycles. The molecule has 2 amide bonds. The summed E-state index contributed by atoms with van der Waals surface area (Å²) in [5.41, 5.74) is 0.661. The van der Waals surface area contributed by atoms with Crippen LogP contribution < -0.4 is 15.4 Å². The van der Waals surface area contributed by atoms with E-state index < -0.39 is 36.2 Å². The average Bonchev–Trinajstić information content (AvgIpc) is 2.68. The molecule has 2 aromatic rings. The average molecular weight is 388 g/mol. The summed E-state index contributed by atoms with van der Waals surface area (Å²) < 4.78 is 23.2. The predicted molar refractivity (Wildman–Crippen MR) is 101 cm³/mol. The van der Waals surface area contributed by atoms with Crippen LogP contribution in [0, 0.1) is 5.82 Å². The highest BCUT2D eigenvalue weighted by molar-refractivity contribution is 5.99. The van der Waals surface area contributed by atoms with Crippen LogP contribution >= 0.6 is 0 Å². The molecule has 0 aliphatic heterocycles. The van der Waals surface area contributed by atoms with Crippen LogP contribution in [0.25, 0.3) is 0 Å². The summed E-state index contributed by atoms with van der Waals surface area (Å²) in [7, 11) is 0. The van der Waals surface area contributed by atoms with Crippen molar-refractivity contribution < 1.29 is 28.2 Å². The van der Waals surface area contributed by atoms with Crippen molar-refractivity contribution in [3.8, 4) is 5.75 Å². The van der Waals surface area contributed by atoms with Crippen molar-refractivity contribution in [3.05, 3.63) is 59.9 Å². The molecule has 0 saturated carbocycles. The van der Waals surface area contributed by atoms with E-state index in [9.17, 15) is 18.8 Å². The molecule has 0 spiro atoms. The van der Waals surface area contributed by atoms with E-state index in [1.165, 1.54) is 31.2 Å². The van der Waals surface area contributed by atoms with Crippen molar-refractivity contribution in [3.63, 3.8) is 0 Å². The van der Waals surface area contributed by atoms with E-state index in [1.54, 1.807) is 31.2 Å². The predicted octanol–water partition coefficient (Wildman–Crippen LogP) is 2.52. The SMILES string of the molecule is CCOc1ccccc1C(=O)NCC(=O)O[C@H](C)C(=O)Nc1ccc(F)cc1. The summed E-state index contributed by atoms with van der Waals surface area (Å²) in [6.07, 6.45) is -1.09. The maximum Gasteiger partial charge on any atom is 0.326 e. The standard InChI is InChI=1S/C20H21FN2O5/c1-3-27-17-7-5-4-6-16(17)20(26)22-12-18(24)28-13(2)19(25)23-15-10-8-14(21)9-11-15/h4-11,13H,3,12H2,1-2H3,(H,22,26)(H,23,25)/t13-/m1/s1. The van der Waals surface area contributed by atoms with Gasteiger partial charge in [-0.2, -0.15) is 0 Å². The number of halogens is 1. The summed E-state index contributed by atoms with van der Waals surface area (Å²) in [4.78, 5) is 36.2. The van der Waals surface area contributed by atoms with E-state index in [0.29, 0.717) is 23.6 Å². The largest absolute Gasteiger partial charge is 0.493 e. The van der Waals surface area contributed by atoms with Crippen LogP contribution in [0.2, 0.25) is 0 Å². The van der Waals surface area contributed by atoms with Crippen LogP contribution in [0.1, 0.15) is 24.2 Å². The topological polar surface area (TPSA) is 93.7 Å². The maximum absolute atomic E-state index is 12.9. The zero-order chi connectivity index (χ0) is 20.5. The molecule has 28 heavy (non-hydrogen) atoms. The Hall–Kier alpha value is -3.42.